The van der Waals surface area contributed by atoms with Gasteiger partial charge in [-0.1, -0.05) is 6.07 Å². The van der Waals surface area contributed by atoms with Gasteiger partial charge in [-0.25, -0.2) is 8.42 Å². The third-order valence-electron chi connectivity index (χ3n) is 4.13. The maximum absolute atomic E-state index is 12.9. The number of carbonyl (C=O) groups excluding carboxylic acids is 1. The second kappa shape index (κ2) is 9.82. The van der Waals surface area contributed by atoms with Crippen LogP contribution in [0.1, 0.15) is 30.6 Å². The summed E-state index contributed by atoms with van der Waals surface area (Å²) < 4.78 is 68.8. The molecule has 1 aromatic carbocycles. The Balaban J connectivity index is 1.86. The first kappa shape index (κ1) is 22.8. The largest absolute Gasteiger partial charge is 0.469 e. The number of benzene rings is 1. The third kappa shape index (κ3) is 7.45. The summed E-state index contributed by atoms with van der Waals surface area (Å²) in [5.41, 5.74) is -1.01. The molecule has 2 rings (SSSR count). The average Bonchev–Trinajstić information content (AvgIpc) is 3.14. The van der Waals surface area contributed by atoms with E-state index in [-0.39, 0.29) is 31.0 Å². The summed E-state index contributed by atoms with van der Waals surface area (Å²) in [6.45, 7) is 0.350. The molecule has 29 heavy (non-hydrogen) atoms. The van der Waals surface area contributed by atoms with E-state index < -0.39 is 21.8 Å². The summed E-state index contributed by atoms with van der Waals surface area (Å²) in [5.74, 6) is 0.575. The molecule has 0 spiro atoms. The summed E-state index contributed by atoms with van der Waals surface area (Å²) >= 11 is 0. The van der Waals surface area contributed by atoms with E-state index in [4.69, 9.17) is 4.42 Å². The van der Waals surface area contributed by atoms with Crippen LogP contribution in [0.4, 0.5) is 18.9 Å². The number of carbonyl (C=O) groups is 1. The maximum Gasteiger partial charge on any atom is 0.416 e. The maximum atomic E-state index is 12.9. The summed E-state index contributed by atoms with van der Waals surface area (Å²) in [6.07, 6.45) is -0.467. The summed E-state index contributed by atoms with van der Waals surface area (Å²) in [5, 5.41) is 2.73. The number of nitrogens with one attached hydrogen (secondary N) is 1. The van der Waals surface area contributed by atoms with Gasteiger partial charge in [-0.15, -0.1) is 0 Å². The molecule has 0 unspecified atom stereocenters. The second-order valence-corrected chi connectivity index (χ2v) is 8.43. The zero-order chi connectivity index (χ0) is 21.5. The van der Waals surface area contributed by atoms with E-state index in [0.29, 0.717) is 19.4 Å². The van der Waals surface area contributed by atoms with Crippen LogP contribution < -0.4 is 9.62 Å². The smallest absolute Gasteiger partial charge is 0.416 e. The van der Waals surface area contributed by atoms with Crippen molar-refractivity contribution in [3.63, 3.8) is 0 Å². The number of halogens is 3. The molecule has 2 aromatic rings. The lowest BCUT2D eigenvalue weighted by molar-refractivity contribution is -0.137. The Hall–Kier alpha value is -2.49. The van der Waals surface area contributed by atoms with Crippen molar-refractivity contribution in [2.45, 2.75) is 31.9 Å². The van der Waals surface area contributed by atoms with Gasteiger partial charge in [0.1, 0.15) is 5.76 Å². The highest BCUT2D eigenvalue weighted by molar-refractivity contribution is 7.92. The summed E-state index contributed by atoms with van der Waals surface area (Å²) in [4.78, 5) is 11.9. The quantitative estimate of drug-likeness (QED) is 0.582. The van der Waals surface area contributed by atoms with Crippen molar-refractivity contribution in [2.75, 3.05) is 23.7 Å². The Kier molecular flexibility index (Phi) is 7.72. The number of anilines is 1. The van der Waals surface area contributed by atoms with E-state index in [0.717, 1.165) is 34.5 Å². The molecule has 0 aliphatic heterocycles. The Bertz CT molecular complexity index is 896. The van der Waals surface area contributed by atoms with E-state index in [9.17, 15) is 26.4 Å². The molecule has 0 aliphatic carbocycles. The summed E-state index contributed by atoms with van der Waals surface area (Å²) in [6, 6.07) is 7.74. The molecule has 0 atom stereocenters. The molecule has 6 nitrogen and oxygen atoms in total. The number of amides is 1. The molecule has 0 saturated heterocycles. The first-order chi connectivity index (χ1) is 13.6. The van der Waals surface area contributed by atoms with E-state index >= 15 is 0 Å². The van der Waals surface area contributed by atoms with Gasteiger partial charge in [0.05, 0.1) is 23.8 Å². The van der Waals surface area contributed by atoms with Crippen LogP contribution in [-0.4, -0.2) is 33.7 Å². The predicted molar refractivity (Wildman–Crippen MR) is 103 cm³/mol. The van der Waals surface area contributed by atoms with Gasteiger partial charge in [-0.05, 0) is 43.2 Å². The molecular formula is C19H23F3N2O4S. The van der Waals surface area contributed by atoms with Crippen LogP contribution in [0.5, 0.6) is 0 Å². The number of aryl methyl sites for hydroxylation is 1. The van der Waals surface area contributed by atoms with Crippen LogP contribution in [0.25, 0.3) is 0 Å². The van der Waals surface area contributed by atoms with Crippen LogP contribution in [0.3, 0.4) is 0 Å². The molecule has 0 bridgehead atoms. The van der Waals surface area contributed by atoms with Gasteiger partial charge < -0.3 is 9.73 Å². The zero-order valence-corrected chi connectivity index (χ0v) is 16.7. The van der Waals surface area contributed by atoms with Gasteiger partial charge >= 0.3 is 6.18 Å². The van der Waals surface area contributed by atoms with Gasteiger partial charge in [0, 0.05) is 25.9 Å². The van der Waals surface area contributed by atoms with E-state index in [1.807, 2.05) is 6.07 Å². The fraction of sp³-hybridized carbons (Fsp3) is 0.421. The summed E-state index contributed by atoms with van der Waals surface area (Å²) in [7, 11) is -3.80. The van der Waals surface area contributed by atoms with Crippen LogP contribution in [0.15, 0.2) is 47.1 Å². The minimum Gasteiger partial charge on any atom is -0.469 e. The molecule has 1 heterocycles. The standard InChI is InChI=1S/C19H23F3N2O4S/c1-29(26,27)24(16-7-2-6-15(14-16)19(20,21)22)12-4-10-18(25)23-11-3-8-17-9-5-13-28-17/h2,5-7,9,13-14H,3-4,8,10-12H2,1H3,(H,23,25). The van der Waals surface area contributed by atoms with Crippen LogP contribution in [-0.2, 0) is 27.4 Å². The fourth-order valence-corrected chi connectivity index (χ4v) is 3.70. The molecule has 0 aliphatic rings. The van der Waals surface area contributed by atoms with Crippen molar-refractivity contribution in [1.82, 2.24) is 5.32 Å². The van der Waals surface area contributed by atoms with Gasteiger partial charge in [-0.2, -0.15) is 13.2 Å². The van der Waals surface area contributed by atoms with E-state index in [1.165, 1.54) is 6.07 Å². The molecule has 1 aromatic heterocycles. The average molecular weight is 432 g/mol. The van der Waals surface area contributed by atoms with Gasteiger partial charge in [0.25, 0.3) is 0 Å². The van der Waals surface area contributed by atoms with Gasteiger partial charge in [-0.3, -0.25) is 9.10 Å². The highest BCUT2D eigenvalue weighted by Gasteiger charge is 2.31. The number of hydrogen-bond acceptors (Lipinski definition) is 4. The lowest BCUT2D eigenvalue weighted by atomic mass is 10.2. The minimum absolute atomic E-state index is 0.0612. The topological polar surface area (TPSA) is 79.6 Å². The fourth-order valence-electron chi connectivity index (χ4n) is 2.74. The van der Waals surface area contributed by atoms with Crippen molar-refractivity contribution >= 4 is 21.6 Å². The van der Waals surface area contributed by atoms with Crippen LogP contribution in [0.2, 0.25) is 0 Å². The number of nitrogens with zero attached hydrogens (tertiary/aromatic N) is 1. The van der Waals surface area contributed by atoms with Crippen molar-refractivity contribution < 1.29 is 30.8 Å². The predicted octanol–water partition coefficient (Wildman–Crippen LogP) is 3.59. The molecule has 0 saturated carbocycles. The van der Waals surface area contributed by atoms with Crippen molar-refractivity contribution in [2.24, 2.45) is 0 Å². The van der Waals surface area contributed by atoms with Crippen LogP contribution in [0, 0.1) is 0 Å². The number of sulfonamides is 1. The van der Waals surface area contributed by atoms with Gasteiger partial charge in [0.15, 0.2) is 0 Å². The van der Waals surface area contributed by atoms with Crippen molar-refractivity contribution in [1.29, 1.82) is 0 Å². The Morgan fingerprint density at radius 2 is 1.93 bits per heavy atom. The molecule has 1 N–H and O–H groups in total. The number of hydrogen-bond donors (Lipinski definition) is 1. The molecular weight excluding hydrogens is 409 g/mol. The van der Waals surface area contributed by atoms with Gasteiger partial charge in [0.2, 0.25) is 15.9 Å². The number of alkyl halides is 3. The van der Waals surface area contributed by atoms with Crippen molar-refractivity contribution in [3.8, 4) is 0 Å². The highest BCUT2D eigenvalue weighted by Crippen LogP contribution is 2.32. The number of furan rings is 1. The second-order valence-electron chi connectivity index (χ2n) is 6.52. The number of rotatable bonds is 10. The molecule has 1 amide bonds. The molecule has 160 valence electrons. The Labute approximate surface area is 167 Å². The lowest BCUT2D eigenvalue weighted by Crippen LogP contribution is -2.32. The first-order valence-electron chi connectivity index (χ1n) is 9.01. The Morgan fingerprint density at radius 1 is 1.17 bits per heavy atom. The van der Waals surface area contributed by atoms with Crippen molar-refractivity contribution in [3.05, 3.63) is 54.0 Å². The lowest BCUT2D eigenvalue weighted by Gasteiger charge is -2.23. The molecule has 10 heteroatoms. The molecule has 0 fully saturated rings. The monoisotopic (exact) mass is 432 g/mol. The third-order valence-corrected chi connectivity index (χ3v) is 5.32. The zero-order valence-electron chi connectivity index (χ0n) is 15.9. The normalized spacial score (nSPS) is 12.0. The molecule has 0 radical (unpaired) electrons. The Morgan fingerprint density at radius 3 is 2.55 bits per heavy atom. The van der Waals surface area contributed by atoms with E-state index in [1.54, 1.807) is 12.3 Å². The van der Waals surface area contributed by atoms with Crippen LogP contribution >= 0.6 is 0 Å². The first-order valence-corrected chi connectivity index (χ1v) is 10.9. The van der Waals surface area contributed by atoms with E-state index in [2.05, 4.69) is 5.32 Å². The highest BCUT2D eigenvalue weighted by atomic mass is 32.2. The SMILES string of the molecule is CS(=O)(=O)N(CCCC(=O)NCCCc1ccco1)c1cccc(C(F)(F)F)c1. The minimum atomic E-state index is -4.57.